The lowest BCUT2D eigenvalue weighted by Gasteiger charge is -2.24. The molecule has 9 heteroatoms. The topological polar surface area (TPSA) is 79.5 Å². The predicted molar refractivity (Wildman–Crippen MR) is 140 cm³/mol. The largest absolute Gasteiger partial charge is 0.340 e. The number of carbonyl (C=O) groups excluding carboxylic acids is 1. The Morgan fingerprint density at radius 2 is 1.83 bits per heavy atom. The van der Waals surface area contributed by atoms with Gasteiger partial charge in [0.15, 0.2) is 11.5 Å². The molecular formula is C27H24ClN7O. The van der Waals surface area contributed by atoms with Crippen LogP contribution in [0.5, 0.6) is 0 Å². The molecule has 0 saturated carbocycles. The molecule has 8 nitrogen and oxygen atoms in total. The van der Waals surface area contributed by atoms with Crippen LogP contribution in [-0.2, 0) is 0 Å². The van der Waals surface area contributed by atoms with Gasteiger partial charge in [-0.3, -0.25) is 4.79 Å². The van der Waals surface area contributed by atoms with Crippen molar-refractivity contribution in [1.82, 2.24) is 29.5 Å². The van der Waals surface area contributed by atoms with Crippen molar-refractivity contribution < 1.29 is 4.79 Å². The summed E-state index contributed by atoms with van der Waals surface area (Å²) in [5.74, 6) is 1.43. The van der Waals surface area contributed by atoms with Gasteiger partial charge < -0.3 is 9.80 Å². The number of hydrogen-bond donors (Lipinski definition) is 0. The number of para-hydroxylation sites is 1. The highest BCUT2D eigenvalue weighted by Crippen LogP contribution is 2.29. The molecule has 36 heavy (non-hydrogen) atoms. The van der Waals surface area contributed by atoms with Crippen LogP contribution in [-0.4, -0.2) is 61.6 Å². The van der Waals surface area contributed by atoms with E-state index in [0.717, 1.165) is 52.4 Å². The van der Waals surface area contributed by atoms with E-state index in [4.69, 9.17) is 16.6 Å². The minimum Gasteiger partial charge on any atom is -0.340 e. The number of aryl methyl sites for hydroxylation is 1. The number of hydrogen-bond acceptors (Lipinski definition) is 6. The van der Waals surface area contributed by atoms with Crippen molar-refractivity contribution in [2.45, 2.75) is 13.3 Å². The van der Waals surface area contributed by atoms with Gasteiger partial charge in [-0.15, -0.1) is 10.2 Å². The Bertz CT molecular complexity index is 1600. The van der Waals surface area contributed by atoms with Gasteiger partial charge in [0.1, 0.15) is 5.15 Å². The van der Waals surface area contributed by atoms with Crippen molar-refractivity contribution >= 4 is 40.0 Å². The van der Waals surface area contributed by atoms with Gasteiger partial charge in [-0.2, -0.15) is 0 Å². The lowest BCUT2D eigenvalue weighted by atomic mass is 10.1. The molecule has 0 spiro atoms. The van der Waals surface area contributed by atoms with E-state index >= 15 is 0 Å². The first-order chi connectivity index (χ1) is 17.6. The molecule has 6 rings (SSSR count). The molecule has 0 bridgehead atoms. The molecule has 0 atom stereocenters. The molecule has 3 aromatic heterocycles. The molecule has 1 saturated heterocycles. The smallest absolute Gasteiger partial charge is 0.257 e. The first-order valence-corrected chi connectivity index (χ1v) is 12.3. The SMILES string of the molecule is Cc1cccc(-c2nnc3c4ccccc4nc(N4CCCN(C(=O)c5cccnc5Cl)CC4)n23)c1. The molecule has 1 aliphatic rings. The van der Waals surface area contributed by atoms with Crippen LogP contribution in [0.1, 0.15) is 22.3 Å². The number of nitrogens with zero attached hydrogens (tertiary/aromatic N) is 7. The van der Waals surface area contributed by atoms with Crippen LogP contribution < -0.4 is 4.90 Å². The van der Waals surface area contributed by atoms with Crippen molar-refractivity contribution in [2.75, 3.05) is 31.1 Å². The van der Waals surface area contributed by atoms with Crippen LogP contribution in [0.4, 0.5) is 5.95 Å². The molecule has 0 unspecified atom stereocenters. The van der Waals surface area contributed by atoms with Gasteiger partial charge in [0.25, 0.3) is 5.91 Å². The van der Waals surface area contributed by atoms with E-state index < -0.39 is 0 Å². The van der Waals surface area contributed by atoms with Crippen molar-refractivity contribution in [1.29, 1.82) is 0 Å². The molecule has 1 amide bonds. The summed E-state index contributed by atoms with van der Waals surface area (Å²) < 4.78 is 2.05. The van der Waals surface area contributed by atoms with Crippen LogP contribution >= 0.6 is 11.6 Å². The van der Waals surface area contributed by atoms with Crippen molar-refractivity contribution in [3.8, 4) is 11.4 Å². The van der Waals surface area contributed by atoms with Gasteiger partial charge in [-0.05, 0) is 43.7 Å². The van der Waals surface area contributed by atoms with Gasteiger partial charge in [-0.25, -0.2) is 14.4 Å². The van der Waals surface area contributed by atoms with Gasteiger partial charge in [0, 0.05) is 43.3 Å². The summed E-state index contributed by atoms with van der Waals surface area (Å²) in [5.41, 5.74) is 4.20. The third-order valence-electron chi connectivity index (χ3n) is 6.56. The number of anilines is 1. The lowest BCUT2D eigenvalue weighted by molar-refractivity contribution is 0.0766. The third kappa shape index (κ3) is 3.93. The van der Waals surface area contributed by atoms with E-state index in [1.807, 2.05) is 45.7 Å². The summed E-state index contributed by atoms with van der Waals surface area (Å²) in [6.07, 6.45) is 2.38. The first-order valence-electron chi connectivity index (χ1n) is 12.0. The van der Waals surface area contributed by atoms with E-state index in [1.54, 1.807) is 18.3 Å². The van der Waals surface area contributed by atoms with Crippen molar-refractivity contribution in [3.05, 3.63) is 83.1 Å². The summed E-state index contributed by atoms with van der Waals surface area (Å²) in [7, 11) is 0. The zero-order valence-electron chi connectivity index (χ0n) is 19.8. The van der Waals surface area contributed by atoms with E-state index in [0.29, 0.717) is 25.2 Å². The van der Waals surface area contributed by atoms with E-state index in [2.05, 4.69) is 39.1 Å². The summed E-state index contributed by atoms with van der Waals surface area (Å²) in [5, 5.41) is 10.4. The molecule has 5 aromatic rings. The number of rotatable bonds is 3. The lowest BCUT2D eigenvalue weighted by Crippen LogP contribution is -2.36. The van der Waals surface area contributed by atoms with E-state index in [1.165, 1.54) is 0 Å². The zero-order valence-corrected chi connectivity index (χ0v) is 20.6. The Kier molecular flexibility index (Phi) is 5.73. The highest BCUT2D eigenvalue weighted by molar-refractivity contribution is 6.32. The van der Waals surface area contributed by atoms with E-state index in [9.17, 15) is 4.79 Å². The van der Waals surface area contributed by atoms with Crippen LogP contribution in [0, 0.1) is 6.92 Å². The van der Waals surface area contributed by atoms with Crippen LogP contribution in [0.3, 0.4) is 0 Å². The molecule has 4 heterocycles. The molecule has 2 aromatic carbocycles. The monoisotopic (exact) mass is 497 g/mol. The summed E-state index contributed by atoms with van der Waals surface area (Å²) >= 11 is 6.20. The molecular weight excluding hydrogens is 474 g/mol. The van der Waals surface area contributed by atoms with Crippen LogP contribution in [0.2, 0.25) is 5.15 Å². The fraction of sp³-hybridized carbons (Fsp3) is 0.222. The standard InChI is InChI=1S/C27H24ClN7O/c1-18-7-4-8-19(17-18)24-31-32-25-20-9-2-3-11-22(20)30-27(35(24)25)34-14-6-13-33(15-16-34)26(36)21-10-5-12-29-23(21)28/h2-5,7-12,17H,6,13-16H2,1H3. The molecule has 0 N–H and O–H groups in total. The van der Waals surface area contributed by atoms with E-state index in [-0.39, 0.29) is 11.1 Å². The second-order valence-electron chi connectivity index (χ2n) is 8.96. The summed E-state index contributed by atoms with van der Waals surface area (Å²) in [6, 6.07) is 19.7. The minimum absolute atomic E-state index is 0.101. The van der Waals surface area contributed by atoms with Gasteiger partial charge in [-0.1, -0.05) is 47.5 Å². The molecule has 0 aliphatic carbocycles. The Morgan fingerprint density at radius 3 is 2.69 bits per heavy atom. The Labute approximate surface area is 213 Å². The number of halogens is 1. The fourth-order valence-corrected chi connectivity index (χ4v) is 4.99. The van der Waals surface area contributed by atoms with Gasteiger partial charge in [0.2, 0.25) is 5.95 Å². The second-order valence-corrected chi connectivity index (χ2v) is 9.31. The average Bonchev–Trinajstić information content (AvgIpc) is 3.20. The number of pyridine rings is 1. The Hall–Kier alpha value is -4.04. The number of fused-ring (bicyclic) bond motifs is 3. The summed E-state index contributed by atoms with van der Waals surface area (Å²) in [6.45, 7) is 4.61. The normalized spacial score (nSPS) is 14.4. The highest BCUT2D eigenvalue weighted by Gasteiger charge is 2.26. The van der Waals surface area contributed by atoms with Gasteiger partial charge in [0.05, 0.1) is 11.1 Å². The Balaban J connectivity index is 1.41. The van der Waals surface area contributed by atoms with Crippen molar-refractivity contribution in [2.24, 2.45) is 0 Å². The minimum atomic E-state index is -0.101. The Morgan fingerprint density at radius 1 is 0.944 bits per heavy atom. The maximum Gasteiger partial charge on any atom is 0.257 e. The number of carbonyl (C=O) groups is 1. The predicted octanol–water partition coefficient (Wildman–Crippen LogP) is 4.65. The number of benzene rings is 2. The fourth-order valence-electron chi connectivity index (χ4n) is 4.79. The quantitative estimate of drug-likeness (QED) is 0.337. The molecule has 180 valence electrons. The third-order valence-corrected chi connectivity index (χ3v) is 6.86. The zero-order chi connectivity index (χ0) is 24.6. The van der Waals surface area contributed by atoms with Crippen molar-refractivity contribution in [3.63, 3.8) is 0 Å². The first kappa shape index (κ1) is 22.4. The second kappa shape index (κ2) is 9.20. The molecule has 1 fully saturated rings. The molecule has 1 aliphatic heterocycles. The average molecular weight is 498 g/mol. The highest BCUT2D eigenvalue weighted by atomic mass is 35.5. The maximum atomic E-state index is 13.2. The van der Waals surface area contributed by atoms with Crippen LogP contribution in [0.25, 0.3) is 27.9 Å². The maximum absolute atomic E-state index is 13.2. The van der Waals surface area contributed by atoms with Crippen LogP contribution in [0.15, 0.2) is 66.9 Å². The molecule has 0 radical (unpaired) electrons. The number of amides is 1. The number of aromatic nitrogens is 5. The summed E-state index contributed by atoms with van der Waals surface area (Å²) in [4.78, 5) is 26.4. The van der Waals surface area contributed by atoms with Gasteiger partial charge >= 0.3 is 0 Å².